The van der Waals surface area contributed by atoms with E-state index in [1.807, 2.05) is 0 Å². The van der Waals surface area contributed by atoms with E-state index in [-0.39, 0.29) is 12.5 Å². The molecule has 1 aromatic carbocycles. The SMILES string of the molecule is Cc1ccc(C(C)NCCCC(=O)O)cc1C. The Labute approximate surface area is 103 Å². The van der Waals surface area contributed by atoms with Crippen molar-refractivity contribution >= 4 is 5.97 Å². The van der Waals surface area contributed by atoms with Crippen LogP contribution in [0.2, 0.25) is 0 Å². The summed E-state index contributed by atoms with van der Waals surface area (Å²) in [6, 6.07) is 6.70. The molecule has 2 N–H and O–H groups in total. The molecule has 0 amide bonds. The smallest absolute Gasteiger partial charge is 0.303 e. The zero-order valence-electron chi connectivity index (χ0n) is 10.8. The Hall–Kier alpha value is -1.35. The molecule has 0 saturated carbocycles. The van der Waals surface area contributed by atoms with Crippen LogP contribution in [0.25, 0.3) is 0 Å². The third-order valence-corrected chi connectivity index (χ3v) is 3.05. The molecule has 1 aromatic rings. The number of carboxylic acids is 1. The number of hydrogen-bond acceptors (Lipinski definition) is 2. The van der Waals surface area contributed by atoms with Gasteiger partial charge in [0, 0.05) is 12.5 Å². The molecule has 1 rings (SSSR count). The highest BCUT2D eigenvalue weighted by Gasteiger charge is 2.05. The maximum atomic E-state index is 10.4. The van der Waals surface area contributed by atoms with E-state index in [0.717, 1.165) is 6.54 Å². The lowest BCUT2D eigenvalue weighted by molar-refractivity contribution is -0.137. The molecule has 3 heteroatoms. The summed E-state index contributed by atoms with van der Waals surface area (Å²) < 4.78 is 0. The third kappa shape index (κ3) is 4.57. The molecule has 0 saturated heterocycles. The van der Waals surface area contributed by atoms with Crippen molar-refractivity contribution in [3.8, 4) is 0 Å². The van der Waals surface area contributed by atoms with Gasteiger partial charge in [-0.2, -0.15) is 0 Å². The van der Waals surface area contributed by atoms with Crippen molar-refractivity contribution in [2.45, 2.75) is 39.7 Å². The number of benzene rings is 1. The van der Waals surface area contributed by atoms with Gasteiger partial charge in [-0.1, -0.05) is 18.2 Å². The summed E-state index contributed by atoms with van der Waals surface area (Å²) >= 11 is 0. The summed E-state index contributed by atoms with van der Waals surface area (Å²) in [5, 5.41) is 11.9. The fourth-order valence-electron chi connectivity index (χ4n) is 1.71. The Bertz CT molecular complexity index is 388. The zero-order chi connectivity index (χ0) is 12.8. The van der Waals surface area contributed by atoms with Crippen molar-refractivity contribution in [1.29, 1.82) is 0 Å². The molecular weight excluding hydrogens is 214 g/mol. The highest BCUT2D eigenvalue weighted by Crippen LogP contribution is 2.16. The minimum absolute atomic E-state index is 0.229. The molecule has 0 fully saturated rings. The Kier molecular flexibility index (Phi) is 5.16. The zero-order valence-corrected chi connectivity index (χ0v) is 10.8. The van der Waals surface area contributed by atoms with Gasteiger partial charge in [0.1, 0.15) is 0 Å². The van der Waals surface area contributed by atoms with Gasteiger partial charge in [-0.15, -0.1) is 0 Å². The molecule has 0 aliphatic carbocycles. The third-order valence-electron chi connectivity index (χ3n) is 3.05. The predicted octanol–water partition coefficient (Wildman–Crippen LogP) is 2.82. The first kappa shape index (κ1) is 13.7. The number of aryl methyl sites for hydroxylation is 2. The van der Waals surface area contributed by atoms with Gasteiger partial charge in [0.2, 0.25) is 0 Å². The molecule has 0 heterocycles. The Morgan fingerprint density at radius 3 is 2.65 bits per heavy atom. The summed E-state index contributed by atoms with van der Waals surface area (Å²) in [4.78, 5) is 10.4. The topological polar surface area (TPSA) is 49.3 Å². The minimum atomic E-state index is -0.731. The van der Waals surface area contributed by atoms with Crippen molar-refractivity contribution in [2.24, 2.45) is 0 Å². The largest absolute Gasteiger partial charge is 0.481 e. The monoisotopic (exact) mass is 235 g/mol. The van der Waals surface area contributed by atoms with Crippen molar-refractivity contribution in [3.63, 3.8) is 0 Å². The molecule has 0 radical (unpaired) electrons. The van der Waals surface area contributed by atoms with Gasteiger partial charge >= 0.3 is 5.97 Å². The molecule has 17 heavy (non-hydrogen) atoms. The van der Waals surface area contributed by atoms with Crippen LogP contribution >= 0.6 is 0 Å². The van der Waals surface area contributed by atoms with Gasteiger partial charge < -0.3 is 10.4 Å². The van der Waals surface area contributed by atoms with Crippen LogP contribution in [0.15, 0.2) is 18.2 Å². The minimum Gasteiger partial charge on any atom is -0.481 e. The fourth-order valence-corrected chi connectivity index (χ4v) is 1.71. The van der Waals surface area contributed by atoms with Crippen LogP contribution in [0, 0.1) is 13.8 Å². The maximum Gasteiger partial charge on any atom is 0.303 e. The van der Waals surface area contributed by atoms with Crippen LogP contribution in [-0.4, -0.2) is 17.6 Å². The van der Waals surface area contributed by atoms with E-state index in [0.29, 0.717) is 6.42 Å². The number of nitrogens with one attached hydrogen (secondary N) is 1. The van der Waals surface area contributed by atoms with Crippen molar-refractivity contribution in [3.05, 3.63) is 34.9 Å². The van der Waals surface area contributed by atoms with Crippen LogP contribution < -0.4 is 5.32 Å². The first-order valence-electron chi connectivity index (χ1n) is 6.03. The molecule has 94 valence electrons. The summed E-state index contributed by atoms with van der Waals surface area (Å²) in [6.07, 6.45) is 0.900. The van der Waals surface area contributed by atoms with E-state index >= 15 is 0 Å². The van der Waals surface area contributed by atoms with Crippen LogP contribution in [-0.2, 0) is 4.79 Å². The van der Waals surface area contributed by atoms with Crippen molar-refractivity contribution in [2.75, 3.05) is 6.54 Å². The number of carboxylic acid groups (broad SMARTS) is 1. The summed E-state index contributed by atoms with van der Waals surface area (Å²) in [6.45, 7) is 7.05. The standard InChI is InChI=1S/C14H21NO2/c1-10-6-7-13(9-11(10)2)12(3)15-8-4-5-14(16)17/h6-7,9,12,15H,4-5,8H2,1-3H3,(H,16,17). The predicted molar refractivity (Wildman–Crippen MR) is 69.2 cm³/mol. The second kappa shape index (κ2) is 6.40. The summed E-state index contributed by atoms with van der Waals surface area (Å²) in [7, 11) is 0. The van der Waals surface area contributed by atoms with Gasteiger partial charge in [0.15, 0.2) is 0 Å². The molecule has 3 nitrogen and oxygen atoms in total. The number of aliphatic carboxylic acids is 1. The number of carbonyl (C=O) groups is 1. The molecule has 0 bridgehead atoms. The van der Waals surface area contributed by atoms with Crippen LogP contribution in [0.3, 0.4) is 0 Å². The lowest BCUT2D eigenvalue weighted by atomic mass is 10.0. The van der Waals surface area contributed by atoms with Crippen LogP contribution in [0.1, 0.15) is 42.5 Å². The van der Waals surface area contributed by atoms with E-state index in [1.54, 1.807) is 0 Å². The Morgan fingerprint density at radius 2 is 2.06 bits per heavy atom. The molecule has 0 spiro atoms. The fraction of sp³-hybridized carbons (Fsp3) is 0.500. The molecule has 0 aromatic heterocycles. The summed E-state index contributed by atoms with van der Waals surface area (Å²) in [5.74, 6) is -0.731. The molecule has 0 aliphatic rings. The van der Waals surface area contributed by atoms with E-state index in [2.05, 4.69) is 44.3 Å². The molecule has 1 unspecified atom stereocenters. The highest BCUT2D eigenvalue weighted by atomic mass is 16.4. The van der Waals surface area contributed by atoms with E-state index in [9.17, 15) is 4.79 Å². The van der Waals surface area contributed by atoms with Gasteiger partial charge in [-0.05, 0) is 50.4 Å². The Balaban J connectivity index is 2.44. The second-order valence-corrected chi connectivity index (χ2v) is 4.52. The van der Waals surface area contributed by atoms with Gasteiger partial charge in [-0.3, -0.25) is 4.79 Å². The van der Waals surface area contributed by atoms with E-state index in [4.69, 9.17) is 5.11 Å². The van der Waals surface area contributed by atoms with Gasteiger partial charge in [0.25, 0.3) is 0 Å². The van der Waals surface area contributed by atoms with Gasteiger partial charge in [-0.25, -0.2) is 0 Å². The lowest BCUT2D eigenvalue weighted by Crippen LogP contribution is -2.20. The van der Waals surface area contributed by atoms with Crippen LogP contribution in [0.5, 0.6) is 0 Å². The highest BCUT2D eigenvalue weighted by molar-refractivity contribution is 5.66. The Morgan fingerprint density at radius 1 is 1.35 bits per heavy atom. The maximum absolute atomic E-state index is 10.4. The van der Waals surface area contributed by atoms with Crippen LogP contribution in [0.4, 0.5) is 0 Å². The normalized spacial score (nSPS) is 12.4. The molecular formula is C14H21NO2. The second-order valence-electron chi connectivity index (χ2n) is 4.52. The quantitative estimate of drug-likeness (QED) is 0.745. The molecule has 1 atom stereocenters. The first-order chi connectivity index (χ1) is 8.00. The van der Waals surface area contributed by atoms with E-state index < -0.39 is 5.97 Å². The lowest BCUT2D eigenvalue weighted by Gasteiger charge is -2.15. The average Bonchev–Trinajstić information content (AvgIpc) is 2.27. The first-order valence-corrected chi connectivity index (χ1v) is 6.03. The van der Waals surface area contributed by atoms with Crippen molar-refractivity contribution in [1.82, 2.24) is 5.32 Å². The van der Waals surface area contributed by atoms with Crippen molar-refractivity contribution < 1.29 is 9.90 Å². The molecule has 0 aliphatic heterocycles. The average molecular weight is 235 g/mol. The van der Waals surface area contributed by atoms with E-state index in [1.165, 1.54) is 16.7 Å². The van der Waals surface area contributed by atoms with Gasteiger partial charge in [0.05, 0.1) is 0 Å². The number of hydrogen-bond donors (Lipinski definition) is 2. The summed E-state index contributed by atoms with van der Waals surface area (Å²) in [5.41, 5.74) is 3.84. The number of rotatable bonds is 6.